The minimum atomic E-state index is -0.181. The van der Waals surface area contributed by atoms with E-state index < -0.39 is 0 Å². The number of benzene rings is 1. The van der Waals surface area contributed by atoms with Gasteiger partial charge in [-0.05, 0) is 12.6 Å². The molecule has 2 N–H and O–H groups in total. The maximum absolute atomic E-state index is 13.9. The van der Waals surface area contributed by atoms with Crippen LogP contribution < -0.4 is 5.73 Å². The third kappa shape index (κ3) is 2.49. The van der Waals surface area contributed by atoms with Crippen LogP contribution in [0.25, 0.3) is 0 Å². The van der Waals surface area contributed by atoms with Crippen LogP contribution in [-0.2, 0) is 4.74 Å². The summed E-state index contributed by atoms with van der Waals surface area (Å²) in [5.41, 5.74) is 6.41. The van der Waals surface area contributed by atoms with Crippen LogP contribution in [0.5, 0.6) is 0 Å². The van der Waals surface area contributed by atoms with Gasteiger partial charge in [0.05, 0.1) is 18.8 Å². The van der Waals surface area contributed by atoms with Crippen LogP contribution in [0.2, 0.25) is 0 Å². The van der Waals surface area contributed by atoms with E-state index in [2.05, 4.69) is 11.8 Å². The summed E-state index contributed by atoms with van der Waals surface area (Å²) in [6, 6.07) is 6.80. The van der Waals surface area contributed by atoms with Gasteiger partial charge in [0.2, 0.25) is 0 Å². The zero-order valence-electron chi connectivity index (χ0n) is 10.1. The van der Waals surface area contributed by atoms with Gasteiger partial charge >= 0.3 is 0 Å². The minimum Gasteiger partial charge on any atom is -0.374 e. The van der Waals surface area contributed by atoms with Crippen molar-refractivity contribution < 1.29 is 9.13 Å². The van der Waals surface area contributed by atoms with Crippen molar-refractivity contribution in [2.75, 3.05) is 26.2 Å². The van der Waals surface area contributed by atoms with Crippen molar-refractivity contribution in [1.82, 2.24) is 4.90 Å². The molecule has 17 heavy (non-hydrogen) atoms. The molecule has 2 unspecified atom stereocenters. The number of likely N-dealkylation sites (N-methyl/N-ethyl adjacent to an activating group) is 1. The molecule has 3 nitrogen and oxygen atoms in total. The molecule has 0 radical (unpaired) electrons. The highest BCUT2D eigenvalue weighted by atomic mass is 19.1. The van der Waals surface area contributed by atoms with Crippen LogP contribution in [0.1, 0.15) is 18.5 Å². The van der Waals surface area contributed by atoms with Crippen LogP contribution in [-0.4, -0.2) is 37.2 Å². The molecule has 1 saturated heterocycles. The monoisotopic (exact) mass is 238 g/mol. The largest absolute Gasteiger partial charge is 0.374 e. The number of nitrogens with zero attached hydrogens (tertiary/aromatic N) is 1. The van der Waals surface area contributed by atoms with Crippen molar-refractivity contribution in [3.63, 3.8) is 0 Å². The first-order valence-electron chi connectivity index (χ1n) is 6.08. The van der Waals surface area contributed by atoms with Crippen LogP contribution in [0, 0.1) is 5.82 Å². The standard InChI is InChI=1S/C13H19FN2O/c1-2-16-7-8-17-12(9-15)13(16)10-5-3-4-6-11(10)14/h3-6,12-13H,2,7-9,15H2,1H3. The quantitative estimate of drug-likeness (QED) is 0.868. The lowest BCUT2D eigenvalue weighted by atomic mass is 9.97. The number of morpholine rings is 1. The maximum Gasteiger partial charge on any atom is 0.128 e. The molecule has 0 bridgehead atoms. The first-order valence-corrected chi connectivity index (χ1v) is 6.08. The van der Waals surface area contributed by atoms with Crippen LogP contribution >= 0.6 is 0 Å². The average molecular weight is 238 g/mol. The fourth-order valence-electron chi connectivity index (χ4n) is 2.45. The van der Waals surface area contributed by atoms with Crippen molar-refractivity contribution in [3.05, 3.63) is 35.6 Å². The molecule has 0 aliphatic carbocycles. The first-order chi connectivity index (χ1) is 8.27. The van der Waals surface area contributed by atoms with E-state index in [-0.39, 0.29) is 18.0 Å². The molecule has 1 heterocycles. The van der Waals surface area contributed by atoms with E-state index in [0.717, 1.165) is 13.1 Å². The Hall–Kier alpha value is -0.970. The van der Waals surface area contributed by atoms with Crippen LogP contribution in [0.3, 0.4) is 0 Å². The highest BCUT2D eigenvalue weighted by Gasteiger charge is 2.33. The van der Waals surface area contributed by atoms with E-state index >= 15 is 0 Å². The third-order valence-electron chi connectivity index (χ3n) is 3.32. The lowest BCUT2D eigenvalue weighted by molar-refractivity contribution is -0.0668. The van der Waals surface area contributed by atoms with E-state index in [4.69, 9.17) is 10.5 Å². The molecule has 0 saturated carbocycles. The van der Waals surface area contributed by atoms with Gasteiger partial charge in [-0.15, -0.1) is 0 Å². The van der Waals surface area contributed by atoms with Crippen molar-refractivity contribution in [3.8, 4) is 0 Å². The third-order valence-corrected chi connectivity index (χ3v) is 3.32. The second-order valence-electron chi connectivity index (χ2n) is 4.24. The summed E-state index contributed by atoms with van der Waals surface area (Å²) in [4.78, 5) is 2.22. The summed E-state index contributed by atoms with van der Waals surface area (Å²) in [5.74, 6) is -0.181. The average Bonchev–Trinajstić information content (AvgIpc) is 2.38. The summed E-state index contributed by atoms with van der Waals surface area (Å²) in [6.07, 6.45) is -0.124. The topological polar surface area (TPSA) is 38.5 Å². The Morgan fingerprint density at radius 3 is 2.88 bits per heavy atom. The lowest BCUT2D eigenvalue weighted by Gasteiger charge is -2.40. The number of rotatable bonds is 3. The fourth-order valence-corrected chi connectivity index (χ4v) is 2.45. The Labute approximate surface area is 101 Å². The van der Waals surface area contributed by atoms with Gasteiger partial charge in [-0.2, -0.15) is 0 Å². The first kappa shape index (κ1) is 12.5. The molecule has 2 rings (SSSR count). The molecule has 0 aromatic heterocycles. The molecule has 1 fully saturated rings. The smallest absolute Gasteiger partial charge is 0.128 e. The summed E-state index contributed by atoms with van der Waals surface area (Å²) in [7, 11) is 0. The van der Waals surface area contributed by atoms with E-state index in [1.807, 2.05) is 12.1 Å². The predicted molar refractivity (Wildman–Crippen MR) is 65.2 cm³/mol. The van der Waals surface area contributed by atoms with Gasteiger partial charge in [-0.25, -0.2) is 4.39 Å². The van der Waals surface area contributed by atoms with Crippen molar-refractivity contribution >= 4 is 0 Å². The Balaban J connectivity index is 2.33. The van der Waals surface area contributed by atoms with E-state index in [1.54, 1.807) is 6.07 Å². The van der Waals surface area contributed by atoms with Gasteiger partial charge in [0, 0.05) is 18.7 Å². The van der Waals surface area contributed by atoms with Gasteiger partial charge in [0.1, 0.15) is 5.82 Å². The molecule has 0 amide bonds. The fraction of sp³-hybridized carbons (Fsp3) is 0.538. The second kappa shape index (κ2) is 5.58. The molecule has 1 aliphatic rings. The van der Waals surface area contributed by atoms with Crippen molar-refractivity contribution in [1.29, 1.82) is 0 Å². The molecule has 1 aromatic carbocycles. The normalized spacial score (nSPS) is 26.1. The summed E-state index contributed by atoms with van der Waals surface area (Å²) >= 11 is 0. The molecule has 94 valence electrons. The SMILES string of the molecule is CCN1CCOC(CN)C1c1ccccc1F. The molecule has 0 spiro atoms. The van der Waals surface area contributed by atoms with Crippen molar-refractivity contribution in [2.24, 2.45) is 5.73 Å². The van der Waals surface area contributed by atoms with Gasteiger partial charge in [-0.1, -0.05) is 25.1 Å². The van der Waals surface area contributed by atoms with Gasteiger partial charge in [-0.3, -0.25) is 4.90 Å². The van der Waals surface area contributed by atoms with Gasteiger partial charge < -0.3 is 10.5 Å². The Bertz CT molecular complexity index is 360. The summed E-state index contributed by atoms with van der Waals surface area (Å²) in [5, 5.41) is 0. The maximum atomic E-state index is 13.9. The number of hydrogen-bond acceptors (Lipinski definition) is 3. The number of ether oxygens (including phenoxy) is 1. The highest BCUT2D eigenvalue weighted by Crippen LogP contribution is 2.30. The summed E-state index contributed by atoms with van der Waals surface area (Å²) < 4.78 is 19.5. The second-order valence-corrected chi connectivity index (χ2v) is 4.24. The number of nitrogens with two attached hydrogens (primary N) is 1. The Morgan fingerprint density at radius 2 is 2.24 bits per heavy atom. The van der Waals surface area contributed by atoms with E-state index in [1.165, 1.54) is 6.07 Å². The molecule has 2 atom stereocenters. The molecule has 1 aliphatic heterocycles. The minimum absolute atomic E-state index is 0.0695. The van der Waals surface area contributed by atoms with Crippen LogP contribution in [0.4, 0.5) is 4.39 Å². The zero-order chi connectivity index (χ0) is 12.3. The Morgan fingerprint density at radius 1 is 1.47 bits per heavy atom. The van der Waals surface area contributed by atoms with E-state index in [9.17, 15) is 4.39 Å². The highest BCUT2D eigenvalue weighted by molar-refractivity contribution is 5.23. The van der Waals surface area contributed by atoms with E-state index in [0.29, 0.717) is 18.7 Å². The van der Waals surface area contributed by atoms with Gasteiger partial charge in [0.15, 0.2) is 0 Å². The van der Waals surface area contributed by atoms with Gasteiger partial charge in [0.25, 0.3) is 0 Å². The summed E-state index contributed by atoms with van der Waals surface area (Å²) in [6.45, 7) is 4.85. The predicted octanol–water partition coefficient (Wildman–Crippen LogP) is 1.55. The number of halogens is 1. The zero-order valence-corrected chi connectivity index (χ0v) is 10.1. The van der Waals surface area contributed by atoms with Crippen molar-refractivity contribution in [2.45, 2.75) is 19.1 Å². The lowest BCUT2D eigenvalue weighted by Crippen LogP contribution is -2.48. The molecule has 1 aromatic rings. The number of hydrogen-bond donors (Lipinski definition) is 1. The molecular weight excluding hydrogens is 219 g/mol. The van der Waals surface area contributed by atoms with Crippen LogP contribution in [0.15, 0.2) is 24.3 Å². The molecule has 4 heteroatoms. The Kier molecular flexibility index (Phi) is 4.10. The molecular formula is C13H19FN2O.